The van der Waals surface area contributed by atoms with E-state index in [4.69, 9.17) is 0 Å². The van der Waals surface area contributed by atoms with Crippen molar-refractivity contribution in [2.24, 2.45) is 7.05 Å². The Bertz CT molecular complexity index is 867. The summed E-state index contributed by atoms with van der Waals surface area (Å²) in [4.78, 5) is 23.8. The molecular weight excluding hydrogens is 341 g/mol. The summed E-state index contributed by atoms with van der Waals surface area (Å²) in [5.74, 6) is 0.121. The minimum Gasteiger partial charge on any atom is 0 e. The summed E-state index contributed by atoms with van der Waals surface area (Å²) in [6.07, 6.45) is 3.12. The maximum atomic E-state index is 12.4. The quantitative estimate of drug-likeness (QED) is 0.845. The van der Waals surface area contributed by atoms with E-state index in [1.807, 2.05) is 7.05 Å². The van der Waals surface area contributed by atoms with Gasteiger partial charge in [-0.3, -0.25) is 0 Å². The van der Waals surface area contributed by atoms with Crippen LogP contribution in [0, 0.1) is 4.13 Å². The molecule has 1 N–H and O–H groups in total. The van der Waals surface area contributed by atoms with Gasteiger partial charge in [0.25, 0.3) is 0 Å². The Morgan fingerprint density at radius 1 is 1.33 bits per heavy atom. The van der Waals surface area contributed by atoms with Gasteiger partial charge in [0.05, 0.1) is 0 Å². The molecule has 0 aliphatic carbocycles. The molecule has 1 saturated heterocycles. The summed E-state index contributed by atoms with van der Waals surface area (Å²) >= 11 is 2.58. The van der Waals surface area contributed by atoms with Crippen LogP contribution in [0.3, 0.4) is 0 Å². The number of amides is 2. The number of hydrogen-bond donors (Lipinski definition) is 1. The first-order valence-corrected chi connectivity index (χ1v) is 9.24. The van der Waals surface area contributed by atoms with Crippen LogP contribution < -0.4 is 5.32 Å². The number of rotatable bonds is 4. The van der Waals surface area contributed by atoms with E-state index in [1.165, 1.54) is 11.1 Å². The number of imide groups is 1. The van der Waals surface area contributed by atoms with Crippen LogP contribution in [0.1, 0.15) is 58.5 Å². The molecule has 1 aromatic carbocycles. The number of nitrogens with one attached hydrogen (secondary N) is 1. The summed E-state index contributed by atoms with van der Waals surface area (Å²) in [5, 5.41) is 2.47. The number of hydrogen-bond acceptors (Lipinski definition) is 2. The Kier molecular flexibility index (Phi) is 4.84. The predicted molar refractivity (Wildman–Crippen MR) is 91.0 cm³/mol. The first kappa shape index (κ1) is 17.2. The third kappa shape index (κ3) is 2.70. The summed E-state index contributed by atoms with van der Waals surface area (Å²) in [6.45, 7) is 4.43. The van der Waals surface area contributed by atoms with E-state index in [1.54, 1.807) is 0 Å². The Balaban J connectivity index is 0.00000225. The second-order valence-electron chi connectivity index (χ2n) is 6.42. The monoisotopic (exact) mass is 366 g/mol. The van der Waals surface area contributed by atoms with Gasteiger partial charge in [0.1, 0.15) is 0 Å². The van der Waals surface area contributed by atoms with Crippen molar-refractivity contribution in [3.63, 3.8) is 0 Å². The maximum absolute atomic E-state index is 12.4. The molecule has 129 valence electrons. The SMILES string of the molecule is CCC(CC)c1cccc2c1n(C)[c](=[V])n2C1CCC(=O)NC1=O.[HH]. The van der Waals surface area contributed by atoms with Gasteiger partial charge in [0.15, 0.2) is 0 Å². The average molecular weight is 366 g/mol. The Morgan fingerprint density at radius 3 is 2.67 bits per heavy atom. The van der Waals surface area contributed by atoms with Gasteiger partial charge >= 0.3 is 150 Å². The second kappa shape index (κ2) is 6.73. The van der Waals surface area contributed by atoms with Gasteiger partial charge in [-0.25, -0.2) is 0 Å². The van der Waals surface area contributed by atoms with Crippen LogP contribution >= 0.6 is 0 Å². The van der Waals surface area contributed by atoms with Crippen LogP contribution in [0.4, 0.5) is 0 Å². The normalized spacial score (nSPS) is 18.4. The van der Waals surface area contributed by atoms with E-state index in [9.17, 15) is 9.59 Å². The fourth-order valence-corrected chi connectivity index (χ4v) is 4.31. The molecule has 1 unspecified atom stereocenters. The predicted octanol–water partition coefficient (Wildman–Crippen LogP) is 3.19. The maximum Gasteiger partial charge on any atom is 0 e. The first-order chi connectivity index (χ1) is 11.5. The molecule has 5 nitrogen and oxygen atoms in total. The number of fused-ring (bicyclic) bond motifs is 1. The zero-order chi connectivity index (χ0) is 17.4. The van der Waals surface area contributed by atoms with Gasteiger partial charge in [-0.05, 0) is 0 Å². The van der Waals surface area contributed by atoms with E-state index in [0.29, 0.717) is 18.8 Å². The molecule has 1 atom stereocenters. The van der Waals surface area contributed by atoms with Crippen molar-refractivity contribution in [2.45, 2.75) is 51.5 Å². The van der Waals surface area contributed by atoms with Gasteiger partial charge in [0, 0.05) is 1.43 Å². The first-order valence-electron chi connectivity index (χ1n) is 8.55. The van der Waals surface area contributed by atoms with Crippen molar-refractivity contribution < 1.29 is 28.0 Å². The van der Waals surface area contributed by atoms with E-state index >= 15 is 0 Å². The van der Waals surface area contributed by atoms with Crippen molar-refractivity contribution in [1.82, 2.24) is 14.5 Å². The number of aromatic nitrogens is 2. The number of imidazole rings is 1. The Hall–Kier alpha value is -1.59. The molecule has 6 heteroatoms. The third-order valence-corrected chi connectivity index (χ3v) is 5.91. The molecule has 24 heavy (non-hydrogen) atoms. The van der Waals surface area contributed by atoms with Crippen LogP contribution in [0.2, 0.25) is 0 Å². The molecule has 2 heterocycles. The fourth-order valence-electron chi connectivity index (χ4n) is 3.77. The molecule has 0 spiro atoms. The number of piperidine rings is 1. The van der Waals surface area contributed by atoms with Crippen molar-refractivity contribution in [1.29, 1.82) is 0 Å². The number of para-hydroxylation sites is 1. The fraction of sp³-hybridized carbons (Fsp3) is 0.500. The number of carbonyl (C=O) groups is 2. The molecular formula is C18H25N3O2V. The van der Waals surface area contributed by atoms with E-state index in [0.717, 1.165) is 22.5 Å². The van der Waals surface area contributed by atoms with Gasteiger partial charge in [-0.2, -0.15) is 0 Å². The van der Waals surface area contributed by atoms with E-state index in [2.05, 4.69) is 63.5 Å². The molecule has 1 aliphatic heterocycles. The number of benzene rings is 1. The second-order valence-corrected chi connectivity index (χ2v) is 7.05. The van der Waals surface area contributed by atoms with Gasteiger partial charge < -0.3 is 0 Å². The van der Waals surface area contributed by atoms with Crippen LogP contribution in [0.15, 0.2) is 18.2 Å². The van der Waals surface area contributed by atoms with Crippen molar-refractivity contribution in [3.8, 4) is 0 Å². The average Bonchev–Trinajstić information content (AvgIpc) is 2.81. The largest absolute Gasteiger partial charge is 0 e. The van der Waals surface area contributed by atoms with E-state index < -0.39 is 0 Å². The Labute approximate surface area is 152 Å². The topological polar surface area (TPSA) is 56.0 Å². The molecule has 0 bridgehead atoms. The van der Waals surface area contributed by atoms with Crippen LogP contribution in [0.25, 0.3) is 11.0 Å². The molecule has 0 radical (unpaired) electrons. The molecule has 2 amide bonds. The van der Waals surface area contributed by atoms with Crippen molar-refractivity contribution in [3.05, 3.63) is 27.9 Å². The van der Waals surface area contributed by atoms with Crippen LogP contribution in [-0.2, 0) is 33.6 Å². The van der Waals surface area contributed by atoms with Gasteiger partial charge in [0.2, 0.25) is 0 Å². The smallest absolute Gasteiger partial charge is 0 e. The molecule has 3 rings (SSSR count). The molecule has 1 aliphatic rings. The minimum atomic E-state index is -0.332. The van der Waals surface area contributed by atoms with E-state index in [-0.39, 0.29) is 19.3 Å². The van der Waals surface area contributed by atoms with Crippen molar-refractivity contribution >= 4 is 22.8 Å². The number of aryl methyl sites for hydroxylation is 1. The number of carbonyl (C=O) groups excluding carboxylic acids is 2. The molecule has 2 aromatic rings. The Morgan fingerprint density at radius 2 is 2.04 bits per heavy atom. The van der Waals surface area contributed by atoms with Gasteiger partial charge in [-0.15, -0.1) is 0 Å². The van der Waals surface area contributed by atoms with Crippen LogP contribution in [-0.4, -0.2) is 20.9 Å². The third-order valence-electron chi connectivity index (χ3n) is 5.10. The van der Waals surface area contributed by atoms with Crippen molar-refractivity contribution in [2.75, 3.05) is 0 Å². The summed E-state index contributed by atoms with van der Waals surface area (Å²) in [6, 6.07) is 6.01. The zero-order valence-corrected chi connectivity index (χ0v) is 15.8. The summed E-state index contributed by atoms with van der Waals surface area (Å²) in [7, 11) is 2.05. The zero-order valence-electron chi connectivity index (χ0n) is 14.4. The number of nitrogens with zero attached hydrogens (tertiary/aromatic N) is 2. The minimum absolute atomic E-state index is 0. The summed E-state index contributed by atoms with van der Waals surface area (Å²) in [5.41, 5.74) is 3.58. The standard InChI is InChI=1S/C18H23N3O2.V.H2/c1-4-12(5-2)13-7-6-8-14-17(13)20(3)11-21(14)15-9-10-16(22)19-18(15)23;;/h6-8,12,15H,4-5,9-10H2,1-3H3,(H,19,22,23);;1H. The van der Waals surface area contributed by atoms with Gasteiger partial charge in [-0.1, -0.05) is 0 Å². The van der Waals surface area contributed by atoms with Crippen LogP contribution in [0.5, 0.6) is 0 Å². The molecule has 0 saturated carbocycles. The molecule has 1 fully saturated rings. The summed E-state index contributed by atoms with van der Waals surface area (Å²) < 4.78 is 5.21. The molecule has 1 aromatic heterocycles.